The number of ether oxygens (including phenoxy) is 1. The lowest BCUT2D eigenvalue weighted by Crippen LogP contribution is -1.92. The third kappa shape index (κ3) is 1.10. The van der Waals surface area contributed by atoms with Gasteiger partial charge in [0.15, 0.2) is 11.3 Å². The van der Waals surface area contributed by atoms with E-state index in [2.05, 4.69) is 15.0 Å². The molecule has 3 aromatic rings. The van der Waals surface area contributed by atoms with Gasteiger partial charge in [0.25, 0.3) is 0 Å². The van der Waals surface area contributed by atoms with Crippen molar-refractivity contribution in [3.8, 4) is 5.75 Å². The second-order valence-corrected chi connectivity index (χ2v) is 3.25. The van der Waals surface area contributed by atoms with Gasteiger partial charge in [0.2, 0.25) is 0 Å². The number of H-pyrrole nitrogens is 1. The summed E-state index contributed by atoms with van der Waals surface area (Å²) in [7, 11) is 1.54. The van der Waals surface area contributed by atoms with E-state index in [1.807, 2.05) is 0 Å². The van der Waals surface area contributed by atoms with Crippen LogP contribution < -0.4 is 10.5 Å². The Hall–Kier alpha value is -2.37. The molecule has 0 aromatic carbocycles. The normalized spacial score (nSPS) is 11.1. The second kappa shape index (κ2) is 3.06. The predicted molar refractivity (Wildman–Crippen MR) is 56.5 cm³/mol. The minimum absolute atomic E-state index is 0.446. The number of oxazole rings is 1. The monoisotopic (exact) mass is 217 g/mol. The minimum atomic E-state index is -0.507. The van der Waals surface area contributed by atoms with Crippen molar-refractivity contribution in [1.82, 2.24) is 15.0 Å². The molecule has 0 radical (unpaired) electrons. The van der Waals surface area contributed by atoms with Crippen LogP contribution in [0.3, 0.4) is 0 Å². The van der Waals surface area contributed by atoms with E-state index >= 15 is 0 Å². The molecule has 80 valence electrons. The van der Waals surface area contributed by atoms with Crippen LogP contribution in [-0.4, -0.2) is 22.1 Å². The molecule has 0 bridgehead atoms. The van der Waals surface area contributed by atoms with Crippen molar-refractivity contribution in [2.75, 3.05) is 7.11 Å². The van der Waals surface area contributed by atoms with Crippen LogP contribution in [0.25, 0.3) is 22.0 Å². The molecule has 0 fully saturated rings. The summed E-state index contributed by atoms with van der Waals surface area (Å²) in [5, 5.41) is 0.648. The van der Waals surface area contributed by atoms with E-state index in [1.54, 1.807) is 12.4 Å². The Morgan fingerprint density at radius 3 is 3.06 bits per heavy atom. The zero-order valence-corrected chi connectivity index (χ0v) is 8.35. The molecule has 0 aliphatic heterocycles. The number of hydrogen-bond donors (Lipinski definition) is 1. The van der Waals surface area contributed by atoms with Gasteiger partial charge in [-0.05, 0) is 0 Å². The van der Waals surface area contributed by atoms with Gasteiger partial charge >= 0.3 is 5.76 Å². The van der Waals surface area contributed by atoms with E-state index in [1.165, 1.54) is 13.3 Å². The number of rotatable bonds is 1. The van der Waals surface area contributed by atoms with Crippen LogP contribution in [0.15, 0.2) is 27.8 Å². The highest BCUT2D eigenvalue weighted by atomic mass is 16.5. The first-order chi connectivity index (χ1) is 7.79. The van der Waals surface area contributed by atoms with Crippen LogP contribution >= 0.6 is 0 Å². The molecule has 0 saturated carbocycles. The summed E-state index contributed by atoms with van der Waals surface area (Å²) in [6, 6.07) is 0. The van der Waals surface area contributed by atoms with E-state index in [-0.39, 0.29) is 0 Å². The highest BCUT2D eigenvalue weighted by molar-refractivity contribution is 6.01. The number of methoxy groups -OCH3 is 1. The molecule has 0 saturated heterocycles. The van der Waals surface area contributed by atoms with Crippen molar-refractivity contribution in [3.63, 3.8) is 0 Å². The minimum Gasteiger partial charge on any atom is -0.493 e. The highest BCUT2D eigenvalue weighted by Gasteiger charge is 2.10. The van der Waals surface area contributed by atoms with Gasteiger partial charge < -0.3 is 9.15 Å². The van der Waals surface area contributed by atoms with E-state index in [0.717, 1.165) is 0 Å². The Balaban J connectivity index is 2.56. The van der Waals surface area contributed by atoms with Gasteiger partial charge in [0.05, 0.1) is 24.9 Å². The molecule has 0 atom stereocenters. The number of aromatic nitrogens is 3. The average molecular weight is 217 g/mol. The fourth-order valence-electron chi connectivity index (χ4n) is 1.64. The van der Waals surface area contributed by atoms with Gasteiger partial charge in [0, 0.05) is 6.20 Å². The lowest BCUT2D eigenvalue weighted by molar-refractivity contribution is 0.417. The molecule has 0 spiro atoms. The largest absolute Gasteiger partial charge is 0.493 e. The Morgan fingerprint density at radius 1 is 1.38 bits per heavy atom. The zero-order valence-electron chi connectivity index (χ0n) is 8.35. The van der Waals surface area contributed by atoms with E-state index in [4.69, 9.17) is 9.15 Å². The van der Waals surface area contributed by atoms with Crippen LogP contribution in [-0.2, 0) is 0 Å². The van der Waals surface area contributed by atoms with Crippen LogP contribution in [0.5, 0.6) is 5.75 Å². The molecule has 0 amide bonds. The molecule has 6 nitrogen and oxygen atoms in total. The summed E-state index contributed by atoms with van der Waals surface area (Å²) >= 11 is 0. The Labute approximate surface area is 88.9 Å². The fraction of sp³-hybridized carbons (Fsp3) is 0.100. The van der Waals surface area contributed by atoms with Crippen molar-refractivity contribution in [3.05, 3.63) is 29.1 Å². The Bertz CT molecular complexity index is 729. The highest BCUT2D eigenvalue weighted by Crippen LogP contribution is 2.26. The Morgan fingerprint density at radius 2 is 2.25 bits per heavy atom. The summed E-state index contributed by atoms with van der Waals surface area (Å²) in [4.78, 5) is 21.8. The molecule has 1 N–H and O–H groups in total. The molecule has 0 unspecified atom stereocenters. The smallest absolute Gasteiger partial charge is 0.417 e. The molecule has 0 aliphatic rings. The van der Waals surface area contributed by atoms with Crippen molar-refractivity contribution in [2.24, 2.45) is 0 Å². The summed E-state index contributed by atoms with van der Waals surface area (Å²) < 4.78 is 10.2. The number of pyridine rings is 2. The van der Waals surface area contributed by atoms with Crippen molar-refractivity contribution in [1.29, 1.82) is 0 Å². The first kappa shape index (κ1) is 8.90. The van der Waals surface area contributed by atoms with Crippen LogP contribution in [0, 0.1) is 0 Å². The maximum atomic E-state index is 11.1. The zero-order chi connectivity index (χ0) is 11.1. The summed E-state index contributed by atoms with van der Waals surface area (Å²) in [6.45, 7) is 0. The number of nitrogens with zero attached hydrogens (tertiary/aromatic N) is 2. The standard InChI is InChI=1S/C10H7N3O3/c1-15-7-4-11-2-5-8(7)12-3-6-9(5)16-10(14)13-6/h2-4H,1H3,(H,13,14). The number of aromatic amines is 1. The molecule has 6 heteroatoms. The maximum Gasteiger partial charge on any atom is 0.417 e. The molecule has 3 heterocycles. The molecule has 0 aliphatic carbocycles. The van der Waals surface area contributed by atoms with Gasteiger partial charge in [-0.3, -0.25) is 9.97 Å². The van der Waals surface area contributed by atoms with Gasteiger partial charge in [-0.1, -0.05) is 0 Å². The molecular formula is C10H7N3O3. The molecule has 3 aromatic heterocycles. The number of hydrogen-bond acceptors (Lipinski definition) is 5. The summed E-state index contributed by atoms with van der Waals surface area (Å²) in [5.74, 6) is 0.0374. The van der Waals surface area contributed by atoms with Gasteiger partial charge in [-0.25, -0.2) is 9.78 Å². The van der Waals surface area contributed by atoms with E-state index < -0.39 is 5.76 Å². The predicted octanol–water partition coefficient (Wildman–Crippen LogP) is 1.07. The van der Waals surface area contributed by atoms with Gasteiger partial charge in [-0.2, -0.15) is 0 Å². The van der Waals surface area contributed by atoms with Crippen LogP contribution in [0.2, 0.25) is 0 Å². The van der Waals surface area contributed by atoms with Crippen molar-refractivity contribution >= 4 is 22.0 Å². The van der Waals surface area contributed by atoms with E-state index in [0.29, 0.717) is 27.8 Å². The van der Waals surface area contributed by atoms with Crippen molar-refractivity contribution in [2.45, 2.75) is 0 Å². The van der Waals surface area contributed by atoms with Crippen LogP contribution in [0.1, 0.15) is 0 Å². The molecule has 3 rings (SSSR count). The first-order valence-electron chi connectivity index (χ1n) is 4.59. The number of nitrogens with one attached hydrogen (secondary N) is 1. The average Bonchev–Trinajstić information content (AvgIpc) is 2.69. The third-order valence-corrected chi connectivity index (χ3v) is 2.35. The number of fused-ring (bicyclic) bond motifs is 3. The fourth-order valence-corrected chi connectivity index (χ4v) is 1.64. The third-order valence-electron chi connectivity index (χ3n) is 2.35. The second-order valence-electron chi connectivity index (χ2n) is 3.25. The summed E-state index contributed by atoms with van der Waals surface area (Å²) in [5.41, 5.74) is 1.61. The maximum absolute atomic E-state index is 11.1. The first-order valence-corrected chi connectivity index (χ1v) is 4.59. The summed E-state index contributed by atoms with van der Waals surface area (Å²) in [6.07, 6.45) is 4.68. The molecular weight excluding hydrogens is 210 g/mol. The van der Waals surface area contributed by atoms with E-state index in [9.17, 15) is 4.79 Å². The van der Waals surface area contributed by atoms with Crippen LogP contribution in [0.4, 0.5) is 0 Å². The van der Waals surface area contributed by atoms with Crippen molar-refractivity contribution < 1.29 is 9.15 Å². The molecule has 16 heavy (non-hydrogen) atoms. The lowest BCUT2D eigenvalue weighted by atomic mass is 10.2. The SMILES string of the molecule is COc1cncc2c1ncc1[nH]c(=O)oc12. The van der Waals surface area contributed by atoms with Gasteiger partial charge in [-0.15, -0.1) is 0 Å². The lowest BCUT2D eigenvalue weighted by Gasteiger charge is -2.02. The topological polar surface area (TPSA) is 81.0 Å². The quantitative estimate of drug-likeness (QED) is 0.659. The van der Waals surface area contributed by atoms with Gasteiger partial charge in [0.1, 0.15) is 11.0 Å². The Kier molecular flexibility index (Phi) is 1.70.